The number of amides is 1. The van der Waals surface area contributed by atoms with Crippen LogP contribution in [0.3, 0.4) is 0 Å². The highest BCUT2D eigenvalue weighted by atomic mass is 16.5. The van der Waals surface area contributed by atoms with Gasteiger partial charge in [0, 0.05) is 29.3 Å². The summed E-state index contributed by atoms with van der Waals surface area (Å²) in [7, 11) is 0. The Hall–Kier alpha value is -2.98. The zero-order chi connectivity index (χ0) is 38.7. The number of hydrogen-bond acceptors (Lipinski definition) is 13. The Labute approximate surface area is 314 Å². The number of nitrogens with one attached hydrogen (secondary N) is 3. The third-order valence-electron chi connectivity index (χ3n) is 10.7. The number of hydroxylamine groups is 1. The van der Waals surface area contributed by atoms with Crippen LogP contribution in [0.4, 0.5) is 0 Å². The Bertz CT molecular complexity index is 1320. The fourth-order valence-corrected chi connectivity index (χ4v) is 7.12. The molecule has 2 aromatic heterocycles. The molecule has 2 aliphatic carbocycles. The van der Waals surface area contributed by atoms with Crippen LogP contribution in [-0.4, -0.2) is 77.0 Å². The molecule has 53 heavy (non-hydrogen) atoms. The van der Waals surface area contributed by atoms with Crippen LogP contribution in [0, 0.1) is 11.8 Å². The van der Waals surface area contributed by atoms with Crippen LogP contribution in [0.25, 0.3) is 0 Å². The Kier molecular flexibility index (Phi) is 19.3. The second kappa shape index (κ2) is 23.1. The summed E-state index contributed by atoms with van der Waals surface area (Å²) < 4.78 is 10.7. The Morgan fingerprint density at radius 1 is 0.717 bits per heavy atom. The predicted octanol–water partition coefficient (Wildman–Crippen LogP) is 5.90. The van der Waals surface area contributed by atoms with Gasteiger partial charge in [0.25, 0.3) is 0 Å². The van der Waals surface area contributed by atoms with Gasteiger partial charge in [-0.15, -0.1) is 0 Å². The van der Waals surface area contributed by atoms with Crippen molar-refractivity contribution in [3.8, 4) is 0 Å². The number of nitrogens with zero attached hydrogens (tertiary/aromatic N) is 4. The van der Waals surface area contributed by atoms with Crippen LogP contribution in [-0.2, 0) is 22.7 Å². The largest absolute Gasteiger partial charge is 0.481 e. The average molecular weight is 750 g/mol. The highest BCUT2D eigenvalue weighted by molar-refractivity contribution is 5.75. The van der Waals surface area contributed by atoms with Crippen molar-refractivity contribution in [1.82, 2.24) is 36.4 Å². The SMILES string of the molecule is CC(C)(CO)NCc1noc([C@H](CCCC2CCCCC2)CC(=O)NO)n1.CC(C)(CO)NCc1noc([C@H](CCCC2CCCCC2)CC(=O)O)n1. The number of carbonyl (C=O) groups excluding carboxylic acids is 1. The monoisotopic (exact) mass is 750 g/mol. The summed E-state index contributed by atoms with van der Waals surface area (Å²) in [5, 5.41) is 50.9. The molecule has 0 bridgehead atoms. The highest BCUT2D eigenvalue weighted by Gasteiger charge is 2.26. The molecule has 2 aromatic rings. The number of aliphatic hydroxyl groups is 2. The number of rotatable bonds is 22. The molecular weight excluding hydrogens is 682 g/mol. The van der Waals surface area contributed by atoms with Crippen LogP contribution >= 0.6 is 0 Å². The van der Waals surface area contributed by atoms with E-state index in [-0.39, 0.29) is 37.9 Å². The Morgan fingerprint density at radius 2 is 1.13 bits per heavy atom. The van der Waals surface area contributed by atoms with Gasteiger partial charge in [-0.05, 0) is 52.4 Å². The number of aromatic nitrogens is 4. The van der Waals surface area contributed by atoms with Crippen molar-refractivity contribution in [3.05, 3.63) is 23.4 Å². The Balaban J connectivity index is 0.000000286. The van der Waals surface area contributed by atoms with Gasteiger partial charge in [0.1, 0.15) is 0 Å². The van der Waals surface area contributed by atoms with Crippen molar-refractivity contribution in [2.24, 2.45) is 11.8 Å². The van der Waals surface area contributed by atoms with E-state index in [1.165, 1.54) is 64.2 Å². The molecule has 2 aliphatic rings. The molecule has 0 spiro atoms. The number of hydrogen-bond donors (Lipinski definition) is 7. The quantitative estimate of drug-likeness (QED) is 0.0549. The lowest BCUT2D eigenvalue weighted by Crippen LogP contribution is -2.42. The standard InChI is InChI=1S/C19H34N4O4.C19H33N3O4/c1-19(2,13-24)20-12-16-21-18(27-23-16)15(11-17(25)22-26)10-6-9-14-7-4-3-5-8-14;1-19(2,13-23)20-12-16-21-18(26-22-16)15(11-17(24)25)10-6-9-14-7-4-3-5-8-14/h14-15,20,24,26H,3-13H2,1-2H3,(H,22,25);14-15,20,23H,3-13H2,1-2H3,(H,24,25)/t2*15-/m11/s1. The first-order valence-electron chi connectivity index (χ1n) is 19.8. The van der Waals surface area contributed by atoms with Crippen molar-refractivity contribution in [2.75, 3.05) is 13.2 Å². The normalized spacial score (nSPS) is 17.2. The molecular formula is C38H67N7O8. The second-order valence-electron chi connectivity index (χ2n) is 16.5. The molecule has 2 atom stereocenters. The fraction of sp³-hybridized carbons (Fsp3) is 0.842. The van der Waals surface area contributed by atoms with Crippen molar-refractivity contribution in [3.63, 3.8) is 0 Å². The molecule has 2 fully saturated rings. The van der Waals surface area contributed by atoms with Crippen LogP contribution in [0.5, 0.6) is 0 Å². The predicted molar refractivity (Wildman–Crippen MR) is 198 cm³/mol. The molecule has 15 heteroatoms. The first-order chi connectivity index (χ1) is 25.3. The number of carbonyl (C=O) groups is 2. The lowest BCUT2D eigenvalue weighted by Gasteiger charge is -2.22. The zero-order valence-corrected chi connectivity index (χ0v) is 32.6. The van der Waals surface area contributed by atoms with Crippen LogP contribution in [0.1, 0.15) is 179 Å². The molecule has 0 saturated heterocycles. The Morgan fingerprint density at radius 3 is 1.51 bits per heavy atom. The summed E-state index contributed by atoms with van der Waals surface area (Å²) in [6.07, 6.45) is 19.2. The molecule has 0 radical (unpaired) electrons. The van der Waals surface area contributed by atoms with E-state index < -0.39 is 23.0 Å². The van der Waals surface area contributed by atoms with Gasteiger partial charge in [-0.1, -0.05) is 100 Å². The number of carboxylic acids is 1. The molecule has 1 amide bonds. The maximum absolute atomic E-state index is 11.7. The maximum Gasteiger partial charge on any atom is 0.304 e. The minimum atomic E-state index is -0.841. The van der Waals surface area contributed by atoms with Crippen LogP contribution < -0.4 is 16.1 Å². The van der Waals surface area contributed by atoms with Crippen molar-refractivity contribution < 1.29 is 39.2 Å². The molecule has 15 nitrogen and oxygen atoms in total. The molecule has 7 N–H and O–H groups in total. The lowest BCUT2D eigenvalue weighted by molar-refractivity contribution is -0.137. The average Bonchev–Trinajstić information content (AvgIpc) is 3.84. The number of aliphatic carboxylic acids is 1. The van der Waals surface area contributed by atoms with E-state index in [4.69, 9.17) is 14.3 Å². The summed E-state index contributed by atoms with van der Waals surface area (Å²) >= 11 is 0. The highest BCUT2D eigenvalue weighted by Crippen LogP contribution is 2.32. The molecule has 0 unspecified atom stereocenters. The third kappa shape index (κ3) is 17.4. The van der Waals surface area contributed by atoms with Crippen molar-refractivity contribution >= 4 is 11.9 Å². The van der Waals surface area contributed by atoms with Gasteiger partial charge in [-0.3, -0.25) is 14.8 Å². The molecule has 0 aromatic carbocycles. The fourth-order valence-electron chi connectivity index (χ4n) is 7.12. The molecule has 2 saturated carbocycles. The van der Waals surface area contributed by atoms with Gasteiger partial charge in [-0.25, -0.2) is 5.48 Å². The number of carboxylic acid groups (broad SMARTS) is 1. The first-order valence-corrected chi connectivity index (χ1v) is 19.8. The topological polar surface area (TPSA) is 229 Å². The van der Waals surface area contributed by atoms with E-state index in [9.17, 15) is 24.9 Å². The summed E-state index contributed by atoms with van der Waals surface area (Å²) in [5.74, 6) is 1.68. The molecule has 4 rings (SSSR count). The zero-order valence-electron chi connectivity index (χ0n) is 32.6. The van der Waals surface area contributed by atoms with Crippen LogP contribution in [0.2, 0.25) is 0 Å². The van der Waals surface area contributed by atoms with Gasteiger partial charge < -0.3 is 35.0 Å². The van der Waals surface area contributed by atoms with Crippen molar-refractivity contribution in [1.29, 1.82) is 0 Å². The first kappa shape index (κ1) is 44.4. The van der Waals surface area contributed by atoms with Gasteiger partial charge in [0.15, 0.2) is 11.6 Å². The van der Waals surface area contributed by atoms with E-state index in [0.717, 1.165) is 50.4 Å². The van der Waals surface area contributed by atoms with Gasteiger partial charge in [-0.2, -0.15) is 9.97 Å². The molecule has 2 heterocycles. The number of aliphatic hydroxyl groups excluding tert-OH is 2. The van der Waals surface area contributed by atoms with E-state index in [2.05, 4.69) is 30.9 Å². The van der Waals surface area contributed by atoms with E-state index >= 15 is 0 Å². The minimum absolute atomic E-state index is 0.000510. The van der Waals surface area contributed by atoms with Crippen molar-refractivity contribution in [2.45, 2.75) is 179 Å². The molecule has 302 valence electrons. The second-order valence-corrected chi connectivity index (χ2v) is 16.5. The smallest absolute Gasteiger partial charge is 0.304 e. The third-order valence-corrected chi connectivity index (χ3v) is 10.7. The van der Waals surface area contributed by atoms with Gasteiger partial charge in [0.2, 0.25) is 17.7 Å². The van der Waals surface area contributed by atoms with Gasteiger partial charge >= 0.3 is 5.97 Å². The van der Waals surface area contributed by atoms with Crippen LogP contribution in [0.15, 0.2) is 9.05 Å². The maximum atomic E-state index is 11.7. The van der Waals surface area contributed by atoms with Gasteiger partial charge in [0.05, 0.1) is 32.7 Å². The van der Waals surface area contributed by atoms with E-state index in [1.54, 1.807) is 5.48 Å². The lowest BCUT2D eigenvalue weighted by atomic mass is 9.84. The minimum Gasteiger partial charge on any atom is -0.481 e. The van der Waals surface area contributed by atoms with E-state index in [1.807, 2.05) is 27.7 Å². The summed E-state index contributed by atoms with van der Waals surface area (Å²) in [4.78, 5) is 31.7. The summed E-state index contributed by atoms with van der Waals surface area (Å²) in [5.41, 5.74) is 0.833. The van der Waals surface area contributed by atoms with E-state index in [0.29, 0.717) is 36.5 Å². The summed E-state index contributed by atoms with van der Waals surface area (Å²) in [6, 6.07) is 0. The summed E-state index contributed by atoms with van der Waals surface area (Å²) in [6.45, 7) is 8.27. The molecule has 0 aliphatic heterocycles.